The van der Waals surface area contributed by atoms with Gasteiger partial charge >= 0.3 is 11.7 Å². The quantitative estimate of drug-likeness (QED) is 0.160. The maximum absolute atomic E-state index is 13.0. The van der Waals surface area contributed by atoms with Crippen molar-refractivity contribution in [3.05, 3.63) is 69.4 Å². The maximum Gasteiger partial charge on any atom is 0.326 e. The van der Waals surface area contributed by atoms with E-state index in [9.17, 15) is 14.4 Å². The van der Waals surface area contributed by atoms with Crippen molar-refractivity contribution >= 4 is 39.7 Å². The van der Waals surface area contributed by atoms with E-state index in [0.717, 1.165) is 17.5 Å². The zero-order chi connectivity index (χ0) is 24.1. The number of esters is 1. The van der Waals surface area contributed by atoms with Gasteiger partial charge in [0.15, 0.2) is 5.16 Å². The minimum Gasteiger partial charge on any atom is -0.465 e. The van der Waals surface area contributed by atoms with Crippen LogP contribution in [0.3, 0.4) is 0 Å². The predicted molar refractivity (Wildman–Crippen MR) is 134 cm³/mol. The van der Waals surface area contributed by atoms with E-state index in [1.807, 2.05) is 36.4 Å². The second kappa shape index (κ2) is 10.7. The number of H-pyrrole nitrogens is 1. The molecular formula is C25H28N4O4S. The Balaban J connectivity index is 1.36. The van der Waals surface area contributed by atoms with E-state index in [1.165, 1.54) is 11.8 Å². The second-order valence-corrected chi connectivity index (χ2v) is 9.45. The molecule has 8 nitrogen and oxygen atoms in total. The zero-order valence-electron chi connectivity index (χ0n) is 19.3. The van der Waals surface area contributed by atoms with Gasteiger partial charge in [-0.25, -0.2) is 9.78 Å². The summed E-state index contributed by atoms with van der Waals surface area (Å²) in [5.74, 6) is 0.111. The van der Waals surface area contributed by atoms with Crippen molar-refractivity contribution in [2.45, 2.75) is 44.9 Å². The predicted octanol–water partition coefficient (Wildman–Crippen LogP) is 3.81. The molecular weight excluding hydrogens is 452 g/mol. The number of fused-ring (bicyclic) bond motifs is 2. The first-order chi connectivity index (χ1) is 16.4. The van der Waals surface area contributed by atoms with Crippen LogP contribution in [-0.4, -0.2) is 37.4 Å². The molecule has 178 valence electrons. The third-order valence-electron chi connectivity index (χ3n) is 5.55. The molecule has 0 bridgehead atoms. The van der Waals surface area contributed by atoms with Crippen LogP contribution in [0.1, 0.15) is 26.7 Å². The van der Waals surface area contributed by atoms with Crippen LogP contribution in [-0.2, 0) is 22.6 Å². The second-order valence-electron chi connectivity index (χ2n) is 8.51. The molecule has 0 unspecified atom stereocenters. The number of carbonyl (C=O) groups excluding carboxylic acids is 1. The van der Waals surface area contributed by atoms with Crippen molar-refractivity contribution in [1.29, 1.82) is 0 Å². The van der Waals surface area contributed by atoms with Gasteiger partial charge in [-0.15, -0.1) is 0 Å². The summed E-state index contributed by atoms with van der Waals surface area (Å²) in [6.07, 6.45) is 1.36. The molecule has 0 fully saturated rings. The highest BCUT2D eigenvalue weighted by molar-refractivity contribution is 7.99. The van der Waals surface area contributed by atoms with Crippen molar-refractivity contribution < 1.29 is 9.53 Å². The van der Waals surface area contributed by atoms with Gasteiger partial charge in [0.1, 0.15) is 0 Å². The number of imidazole rings is 1. The summed E-state index contributed by atoms with van der Waals surface area (Å²) < 4.78 is 8.67. The Morgan fingerprint density at radius 3 is 2.65 bits per heavy atom. The first-order valence-corrected chi connectivity index (χ1v) is 12.4. The number of aromatic amines is 1. The van der Waals surface area contributed by atoms with Crippen molar-refractivity contribution in [3.8, 4) is 0 Å². The minimum absolute atomic E-state index is 0.0551. The number of aryl methyl sites for hydroxylation is 1. The van der Waals surface area contributed by atoms with Gasteiger partial charge in [-0.05, 0) is 43.0 Å². The molecule has 2 aromatic carbocycles. The largest absolute Gasteiger partial charge is 0.465 e. The maximum atomic E-state index is 13.0. The number of rotatable bonds is 10. The molecule has 0 aliphatic rings. The summed E-state index contributed by atoms with van der Waals surface area (Å²) in [6.45, 7) is 5.41. The van der Waals surface area contributed by atoms with Crippen LogP contribution in [0.2, 0.25) is 0 Å². The Hall–Kier alpha value is -3.33. The van der Waals surface area contributed by atoms with Gasteiger partial charge in [-0.1, -0.05) is 49.9 Å². The Bertz CT molecular complexity index is 1420. The number of hydrogen-bond donors (Lipinski definition) is 1. The van der Waals surface area contributed by atoms with Gasteiger partial charge in [0.25, 0.3) is 5.56 Å². The lowest BCUT2D eigenvalue weighted by molar-refractivity contribution is -0.140. The molecule has 1 N–H and O–H groups in total. The van der Waals surface area contributed by atoms with Crippen molar-refractivity contribution in [3.63, 3.8) is 0 Å². The van der Waals surface area contributed by atoms with E-state index in [4.69, 9.17) is 4.74 Å². The lowest BCUT2D eigenvalue weighted by Gasteiger charge is -2.14. The van der Waals surface area contributed by atoms with E-state index in [2.05, 4.69) is 23.8 Å². The van der Waals surface area contributed by atoms with Gasteiger partial charge in [0.2, 0.25) is 0 Å². The van der Waals surface area contributed by atoms with Crippen LogP contribution in [0.25, 0.3) is 21.9 Å². The smallest absolute Gasteiger partial charge is 0.326 e. The molecule has 0 atom stereocenters. The molecule has 4 rings (SSSR count). The number of nitrogens with one attached hydrogen (secondary N) is 1. The van der Waals surface area contributed by atoms with Crippen LogP contribution in [0.15, 0.2) is 63.3 Å². The van der Waals surface area contributed by atoms with Gasteiger partial charge in [0.05, 0.1) is 34.3 Å². The van der Waals surface area contributed by atoms with Crippen LogP contribution < -0.4 is 11.2 Å². The molecule has 0 saturated carbocycles. The molecule has 0 aliphatic carbocycles. The normalized spacial score (nSPS) is 11.5. The lowest BCUT2D eigenvalue weighted by Crippen LogP contribution is -2.24. The van der Waals surface area contributed by atoms with E-state index in [0.29, 0.717) is 41.5 Å². The molecule has 34 heavy (non-hydrogen) atoms. The number of carbonyl (C=O) groups is 1. The molecule has 0 spiro atoms. The summed E-state index contributed by atoms with van der Waals surface area (Å²) >= 11 is 1.21. The number of aromatic nitrogens is 4. The number of thioether (sulfide) groups is 1. The highest BCUT2D eigenvalue weighted by atomic mass is 32.2. The van der Waals surface area contributed by atoms with Crippen molar-refractivity contribution in [2.24, 2.45) is 5.92 Å². The molecule has 0 radical (unpaired) electrons. The Morgan fingerprint density at radius 2 is 1.82 bits per heavy atom. The Labute approximate surface area is 201 Å². The van der Waals surface area contributed by atoms with E-state index < -0.39 is 0 Å². The average Bonchev–Trinajstić information content (AvgIpc) is 3.14. The molecule has 0 aliphatic heterocycles. The van der Waals surface area contributed by atoms with Crippen LogP contribution in [0, 0.1) is 5.92 Å². The number of hydrogen-bond acceptors (Lipinski definition) is 6. The van der Waals surface area contributed by atoms with Crippen LogP contribution in [0.4, 0.5) is 0 Å². The Kier molecular flexibility index (Phi) is 7.52. The summed E-state index contributed by atoms with van der Waals surface area (Å²) in [5.41, 5.74) is 1.97. The van der Waals surface area contributed by atoms with E-state index >= 15 is 0 Å². The summed E-state index contributed by atoms with van der Waals surface area (Å²) in [4.78, 5) is 44.9. The van der Waals surface area contributed by atoms with Crippen LogP contribution >= 0.6 is 11.8 Å². The number of benzene rings is 2. The Morgan fingerprint density at radius 1 is 1.06 bits per heavy atom. The van der Waals surface area contributed by atoms with Gasteiger partial charge < -0.3 is 9.72 Å². The van der Waals surface area contributed by atoms with Crippen LogP contribution in [0.5, 0.6) is 0 Å². The fourth-order valence-electron chi connectivity index (χ4n) is 3.74. The third kappa shape index (κ3) is 5.41. The number of nitrogens with zero attached hydrogens (tertiary/aromatic N) is 3. The summed E-state index contributed by atoms with van der Waals surface area (Å²) in [6, 6.07) is 14.7. The molecule has 4 aromatic rings. The average molecular weight is 481 g/mol. The van der Waals surface area contributed by atoms with Gasteiger partial charge in [-0.3, -0.25) is 18.7 Å². The molecule has 0 amide bonds. The molecule has 2 heterocycles. The van der Waals surface area contributed by atoms with Crippen molar-refractivity contribution in [1.82, 2.24) is 19.1 Å². The van der Waals surface area contributed by atoms with E-state index in [-0.39, 0.29) is 29.6 Å². The molecule has 0 saturated heterocycles. The highest BCUT2D eigenvalue weighted by Gasteiger charge is 2.14. The van der Waals surface area contributed by atoms with Crippen molar-refractivity contribution in [2.75, 3.05) is 12.4 Å². The SMILES string of the molecule is CC(C)CCn1c(SCC(=O)OCCCn2c(=O)[nH]c3ccccc32)nc2ccccc2c1=O. The first kappa shape index (κ1) is 23.8. The minimum atomic E-state index is -0.380. The monoisotopic (exact) mass is 480 g/mol. The topological polar surface area (TPSA) is 99.0 Å². The summed E-state index contributed by atoms with van der Waals surface area (Å²) in [5, 5.41) is 1.09. The third-order valence-corrected chi connectivity index (χ3v) is 6.50. The number of para-hydroxylation sites is 3. The molecule has 9 heteroatoms. The highest BCUT2D eigenvalue weighted by Crippen LogP contribution is 2.19. The fraction of sp³-hybridized carbons (Fsp3) is 0.360. The first-order valence-electron chi connectivity index (χ1n) is 11.4. The summed E-state index contributed by atoms with van der Waals surface area (Å²) in [7, 11) is 0. The standard InChI is InChI=1S/C25H28N4O4S/c1-17(2)12-14-29-23(31)18-8-3-4-9-19(18)27-25(29)34-16-22(30)33-15-7-13-28-21-11-6-5-10-20(21)26-24(28)32/h3-6,8-11,17H,7,12-16H2,1-2H3,(H,26,32). The lowest BCUT2D eigenvalue weighted by atomic mass is 10.1. The fourth-order valence-corrected chi connectivity index (χ4v) is 4.57. The molecule has 2 aromatic heterocycles. The zero-order valence-corrected chi connectivity index (χ0v) is 20.1. The van der Waals surface area contributed by atoms with Gasteiger partial charge in [0, 0.05) is 13.1 Å². The van der Waals surface area contributed by atoms with Gasteiger partial charge in [-0.2, -0.15) is 0 Å². The van der Waals surface area contributed by atoms with E-state index in [1.54, 1.807) is 21.3 Å². The number of ether oxygens (including phenoxy) is 1.